The van der Waals surface area contributed by atoms with Crippen molar-refractivity contribution in [1.29, 1.82) is 0 Å². The summed E-state index contributed by atoms with van der Waals surface area (Å²) in [7, 11) is 0. The number of ether oxygens (including phenoxy) is 2. The zero-order valence-corrected chi connectivity index (χ0v) is 18.7. The molecule has 0 amide bonds. The molecule has 0 saturated carbocycles. The molecule has 5 rings (SSSR count). The van der Waals surface area contributed by atoms with Crippen molar-refractivity contribution in [2.75, 3.05) is 18.0 Å². The molecule has 0 fully saturated rings. The fourth-order valence-corrected chi connectivity index (χ4v) is 5.06. The summed E-state index contributed by atoms with van der Waals surface area (Å²) in [6, 6.07) is 16.0. The fraction of sp³-hybridized carbons (Fsp3) is 0.296. The van der Waals surface area contributed by atoms with Crippen LogP contribution >= 0.6 is 0 Å². The maximum atomic E-state index is 13.0. The predicted molar refractivity (Wildman–Crippen MR) is 122 cm³/mol. The molecule has 1 unspecified atom stereocenters. The van der Waals surface area contributed by atoms with Crippen LogP contribution in [0.1, 0.15) is 57.6 Å². The Bertz CT molecular complexity index is 1230. The number of rotatable bonds is 3. The Balaban J connectivity index is 1.87. The normalized spacial score (nSPS) is 18.2. The fourth-order valence-electron chi connectivity index (χ4n) is 5.06. The molecular weight excluding hydrogens is 386 g/mol. The number of nitrogens with zero attached hydrogens (tertiary/aromatic N) is 1. The number of anilines is 1. The molecule has 1 spiro atoms. The Morgan fingerprint density at radius 3 is 2.16 bits per heavy atom. The number of carbonyl (C=O) groups is 1. The number of aryl methyl sites for hydroxylation is 1. The lowest BCUT2D eigenvalue weighted by Crippen LogP contribution is -2.34. The van der Waals surface area contributed by atoms with E-state index in [0.29, 0.717) is 5.56 Å². The van der Waals surface area contributed by atoms with E-state index in [9.17, 15) is 4.79 Å². The van der Waals surface area contributed by atoms with Crippen LogP contribution in [0.3, 0.4) is 0 Å². The summed E-state index contributed by atoms with van der Waals surface area (Å²) in [5, 5.41) is 0. The van der Waals surface area contributed by atoms with Gasteiger partial charge < -0.3 is 14.4 Å². The van der Waals surface area contributed by atoms with Gasteiger partial charge in [-0.3, -0.25) is 0 Å². The zero-order chi connectivity index (χ0) is 21.9. The van der Waals surface area contributed by atoms with Gasteiger partial charge >= 0.3 is 5.97 Å². The van der Waals surface area contributed by atoms with Crippen molar-refractivity contribution in [3.63, 3.8) is 0 Å². The summed E-state index contributed by atoms with van der Waals surface area (Å²) in [6.45, 7) is 12.4. The first kappa shape index (κ1) is 19.7. The van der Waals surface area contributed by atoms with Crippen LogP contribution < -0.4 is 9.64 Å². The van der Waals surface area contributed by atoms with Crippen LogP contribution in [0.2, 0.25) is 0 Å². The monoisotopic (exact) mass is 413 g/mol. The molecule has 4 nitrogen and oxygen atoms in total. The molecule has 1 atom stereocenters. The third-order valence-corrected chi connectivity index (χ3v) is 6.89. The highest BCUT2D eigenvalue weighted by molar-refractivity contribution is 5.97. The van der Waals surface area contributed by atoms with Crippen LogP contribution in [-0.4, -0.2) is 19.1 Å². The second-order valence-corrected chi connectivity index (χ2v) is 8.36. The van der Waals surface area contributed by atoms with Crippen molar-refractivity contribution in [3.8, 4) is 11.5 Å². The van der Waals surface area contributed by atoms with Crippen LogP contribution in [-0.2, 0) is 10.3 Å². The summed E-state index contributed by atoms with van der Waals surface area (Å²) in [4.78, 5) is 15.3. The third kappa shape index (κ3) is 2.51. The smallest absolute Gasteiger partial charge is 0.340 e. The van der Waals surface area contributed by atoms with Crippen LogP contribution in [0.5, 0.6) is 11.5 Å². The number of hydrogen-bond donors (Lipinski definition) is 0. The van der Waals surface area contributed by atoms with E-state index in [4.69, 9.17) is 9.47 Å². The lowest BCUT2D eigenvalue weighted by molar-refractivity contribution is 0.0223. The second kappa shape index (κ2) is 6.88. The molecule has 2 aliphatic rings. The Labute approximate surface area is 183 Å². The molecule has 3 aromatic rings. The minimum atomic E-state index is -0.998. The van der Waals surface area contributed by atoms with Gasteiger partial charge in [-0.05, 0) is 63.9 Å². The summed E-state index contributed by atoms with van der Waals surface area (Å²) >= 11 is 0. The minimum Gasteiger partial charge on any atom is -0.456 e. The molecule has 0 aliphatic carbocycles. The van der Waals surface area contributed by atoms with E-state index in [0.717, 1.165) is 63.7 Å². The second-order valence-electron chi connectivity index (χ2n) is 8.36. The van der Waals surface area contributed by atoms with E-state index in [1.807, 2.05) is 30.3 Å². The Kier molecular flexibility index (Phi) is 4.37. The molecule has 2 heterocycles. The van der Waals surface area contributed by atoms with E-state index in [2.05, 4.69) is 57.7 Å². The van der Waals surface area contributed by atoms with Gasteiger partial charge in [0.05, 0.1) is 5.56 Å². The van der Waals surface area contributed by atoms with Gasteiger partial charge in [-0.2, -0.15) is 0 Å². The van der Waals surface area contributed by atoms with Gasteiger partial charge in [0.2, 0.25) is 0 Å². The van der Waals surface area contributed by atoms with Crippen LogP contribution in [0, 0.1) is 20.8 Å². The molecule has 0 saturated heterocycles. The van der Waals surface area contributed by atoms with Gasteiger partial charge in [0.1, 0.15) is 11.5 Å². The molecule has 0 aromatic heterocycles. The summed E-state index contributed by atoms with van der Waals surface area (Å²) in [6.07, 6.45) is 0. The standard InChI is InChI=1S/C27H27NO3/c1-6-28(7-2)23-15-14-22-25(18(23)5)30-24-17(4)16(3)12-13-21(24)27(22)20-11-9-8-10-19(20)26(29)31-27/h8-15H,6-7H2,1-5H3. The maximum Gasteiger partial charge on any atom is 0.340 e. The van der Waals surface area contributed by atoms with Gasteiger partial charge in [-0.1, -0.05) is 30.3 Å². The first-order chi connectivity index (χ1) is 14.9. The highest BCUT2D eigenvalue weighted by Crippen LogP contribution is 2.58. The first-order valence-electron chi connectivity index (χ1n) is 10.9. The number of esters is 1. The van der Waals surface area contributed by atoms with Crippen molar-refractivity contribution >= 4 is 11.7 Å². The summed E-state index contributed by atoms with van der Waals surface area (Å²) in [5.41, 5.74) is 6.68. The third-order valence-electron chi connectivity index (χ3n) is 6.89. The minimum absolute atomic E-state index is 0.293. The van der Waals surface area contributed by atoms with Gasteiger partial charge in [-0.25, -0.2) is 4.79 Å². The average Bonchev–Trinajstić information content (AvgIpc) is 3.07. The number of benzene rings is 3. The molecule has 0 N–H and O–H groups in total. The average molecular weight is 414 g/mol. The van der Waals surface area contributed by atoms with Crippen molar-refractivity contribution in [2.45, 2.75) is 40.2 Å². The molecule has 3 aromatic carbocycles. The van der Waals surface area contributed by atoms with E-state index < -0.39 is 5.60 Å². The van der Waals surface area contributed by atoms with Crippen molar-refractivity contribution in [1.82, 2.24) is 0 Å². The molecule has 158 valence electrons. The quantitative estimate of drug-likeness (QED) is 0.492. The van der Waals surface area contributed by atoms with Crippen LogP contribution in [0.4, 0.5) is 5.69 Å². The van der Waals surface area contributed by atoms with Gasteiger partial charge in [0.25, 0.3) is 0 Å². The SMILES string of the molecule is CCN(CC)c1ccc2c(c1C)Oc1c(ccc(C)c1C)C21OC(=O)c2ccccc21. The van der Waals surface area contributed by atoms with E-state index in [1.165, 1.54) is 0 Å². The highest BCUT2D eigenvalue weighted by atomic mass is 16.6. The van der Waals surface area contributed by atoms with Crippen molar-refractivity contribution in [3.05, 3.63) is 87.5 Å². The maximum absolute atomic E-state index is 13.0. The highest BCUT2D eigenvalue weighted by Gasteiger charge is 2.54. The van der Waals surface area contributed by atoms with Crippen LogP contribution in [0.15, 0.2) is 48.5 Å². The number of hydrogen-bond acceptors (Lipinski definition) is 4. The first-order valence-corrected chi connectivity index (χ1v) is 10.9. The Hall–Kier alpha value is -3.27. The topological polar surface area (TPSA) is 38.8 Å². The molecule has 31 heavy (non-hydrogen) atoms. The Morgan fingerprint density at radius 1 is 0.806 bits per heavy atom. The summed E-state index contributed by atoms with van der Waals surface area (Å²) < 4.78 is 12.9. The number of carbonyl (C=O) groups excluding carboxylic acids is 1. The van der Waals surface area contributed by atoms with Gasteiger partial charge in [0, 0.05) is 41.0 Å². The molecular formula is C27H27NO3. The van der Waals surface area contributed by atoms with Crippen LogP contribution in [0.25, 0.3) is 0 Å². The van der Waals surface area contributed by atoms with E-state index in [-0.39, 0.29) is 5.97 Å². The predicted octanol–water partition coefficient (Wildman–Crippen LogP) is 6.03. The van der Waals surface area contributed by atoms with Crippen molar-refractivity contribution in [2.24, 2.45) is 0 Å². The van der Waals surface area contributed by atoms with Gasteiger partial charge in [0.15, 0.2) is 5.60 Å². The number of fused-ring (bicyclic) bond motifs is 6. The lowest BCUT2D eigenvalue weighted by Gasteiger charge is -2.39. The largest absolute Gasteiger partial charge is 0.456 e. The van der Waals surface area contributed by atoms with Crippen molar-refractivity contribution < 1.29 is 14.3 Å². The van der Waals surface area contributed by atoms with E-state index >= 15 is 0 Å². The van der Waals surface area contributed by atoms with E-state index in [1.54, 1.807) is 0 Å². The molecule has 0 radical (unpaired) electrons. The lowest BCUT2D eigenvalue weighted by atomic mass is 9.76. The zero-order valence-electron chi connectivity index (χ0n) is 18.7. The molecule has 4 heteroatoms. The molecule has 0 bridgehead atoms. The molecule has 2 aliphatic heterocycles. The summed E-state index contributed by atoms with van der Waals surface area (Å²) in [5.74, 6) is 1.28. The van der Waals surface area contributed by atoms with Gasteiger partial charge in [-0.15, -0.1) is 0 Å². The Morgan fingerprint density at radius 2 is 1.45 bits per heavy atom.